The minimum Gasteiger partial charge on any atom is -0.318 e. The number of piperidine rings is 1. The van der Waals surface area contributed by atoms with Crippen LogP contribution in [0.25, 0.3) is 0 Å². The third kappa shape index (κ3) is 3.12. The average Bonchev–Trinajstić information content (AvgIpc) is 2.38. The van der Waals surface area contributed by atoms with E-state index in [4.69, 9.17) is 0 Å². The molecule has 0 bridgehead atoms. The van der Waals surface area contributed by atoms with Gasteiger partial charge in [0, 0.05) is 18.6 Å². The number of likely N-dealkylation sites (tertiary alicyclic amines) is 1. The Hall–Kier alpha value is -0.860. The van der Waals surface area contributed by atoms with Crippen molar-refractivity contribution >= 4 is 0 Å². The third-order valence-electron chi connectivity index (χ3n) is 4.17. The van der Waals surface area contributed by atoms with Crippen molar-refractivity contribution in [2.24, 2.45) is 5.92 Å². The predicted octanol–water partition coefficient (Wildman–Crippen LogP) is 3.07. The molecule has 3 atom stereocenters. The fraction of sp³-hybridized carbons (Fsp3) is 0.625. The van der Waals surface area contributed by atoms with Crippen LogP contribution in [0.1, 0.15) is 38.3 Å². The summed E-state index contributed by atoms with van der Waals surface area (Å²) in [5.74, 6) is 0.877. The molecule has 0 saturated carbocycles. The molecule has 100 valence electrons. The number of hydrogen-bond donors (Lipinski definition) is 1. The van der Waals surface area contributed by atoms with Gasteiger partial charge in [-0.2, -0.15) is 0 Å². The fourth-order valence-electron chi connectivity index (χ4n) is 3.18. The van der Waals surface area contributed by atoms with Crippen LogP contribution >= 0.6 is 0 Å². The molecular weight excluding hydrogens is 220 g/mol. The Kier molecular flexibility index (Phi) is 4.79. The van der Waals surface area contributed by atoms with Crippen molar-refractivity contribution in [3.8, 4) is 0 Å². The number of nitrogens with one attached hydrogen (secondary N) is 1. The normalized spacial score (nSPS) is 27.1. The summed E-state index contributed by atoms with van der Waals surface area (Å²) in [5.41, 5.74) is 1.44. The molecule has 0 aliphatic carbocycles. The van der Waals surface area contributed by atoms with Gasteiger partial charge >= 0.3 is 0 Å². The molecule has 1 heterocycles. The number of likely N-dealkylation sites (N-methyl/N-ethyl adjacent to an activating group) is 1. The maximum absolute atomic E-state index is 3.35. The number of benzene rings is 1. The maximum atomic E-state index is 3.35. The molecule has 2 nitrogen and oxygen atoms in total. The molecule has 1 N–H and O–H groups in total. The van der Waals surface area contributed by atoms with E-state index < -0.39 is 0 Å². The van der Waals surface area contributed by atoms with E-state index in [9.17, 15) is 0 Å². The van der Waals surface area contributed by atoms with Gasteiger partial charge < -0.3 is 5.32 Å². The summed E-state index contributed by atoms with van der Waals surface area (Å²) in [4.78, 5) is 2.67. The Balaban J connectivity index is 2.15. The van der Waals surface area contributed by atoms with Crippen LogP contribution in [0.15, 0.2) is 30.3 Å². The Bertz CT molecular complexity index is 349. The highest BCUT2D eigenvalue weighted by Gasteiger charge is 2.29. The van der Waals surface area contributed by atoms with Crippen LogP contribution in [-0.2, 0) is 0 Å². The van der Waals surface area contributed by atoms with E-state index >= 15 is 0 Å². The first-order valence-corrected chi connectivity index (χ1v) is 7.17. The Morgan fingerprint density at radius 3 is 2.61 bits per heavy atom. The van der Waals surface area contributed by atoms with Gasteiger partial charge in [-0.1, -0.05) is 37.3 Å². The molecule has 0 aromatic heterocycles. The van der Waals surface area contributed by atoms with E-state index in [2.05, 4.69) is 54.4 Å². The molecule has 2 rings (SSSR count). The first-order chi connectivity index (χ1) is 8.72. The second kappa shape index (κ2) is 6.35. The summed E-state index contributed by atoms with van der Waals surface area (Å²) in [7, 11) is 2.05. The third-order valence-corrected chi connectivity index (χ3v) is 4.17. The lowest BCUT2D eigenvalue weighted by Crippen LogP contribution is -2.45. The Labute approximate surface area is 111 Å². The molecule has 2 heteroatoms. The lowest BCUT2D eigenvalue weighted by Gasteiger charge is -2.42. The lowest BCUT2D eigenvalue weighted by atomic mass is 9.90. The van der Waals surface area contributed by atoms with Crippen LogP contribution < -0.4 is 5.32 Å². The molecule has 1 aliphatic rings. The molecule has 18 heavy (non-hydrogen) atoms. The molecular formula is C16H26N2. The van der Waals surface area contributed by atoms with Crippen LogP contribution in [0.5, 0.6) is 0 Å². The largest absolute Gasteiger partial charge is 0.318 e. The van der Waals surface area contributed by atoms with E-state index in [0.29, 0.717) is 12.1 Å². The van der Waals surface area contributed by atoms with Crippen LogP contribution in [-0.4, -0.2) is 31.1 Å². The van der Waals surface area contributed by atoms with Gasteiger partial charge in [0.15, 0.2) is 0 Å². The summed E-state index contributed by atoms with van der Waals surface area (Å²) in [5, 5.41) is 3.35. The van der Waals surface area contributed by atoms with Crippen LogP contribution in [0, 0.1) is 5.92 Å². The van der Waals surface area contributed by atoms with Crippen molar-refractivity contribution in [1.82, 2.24) is 10.2 Å². The molecule has 0 amide bonds. The highest BCUT2D eigenvalue weighted by atomic mass is 15.2. The first-order valence-electron chi connectivity index (χ1n) is 7.17. The minimum atomic E-state index is 0.513. The summed E-state index contributed by atoms with van der Waals surface area (Å²) < 4.78 is 0. The predicted molar refractivity (Wildman–Crippen MR) is 77.7 cm³/mol. The lowest BCUT2D eigenvalue weighted by molar-refractivity contribution is 0.0815. The fourth-order valence-corrected chi connectivity index (χ4v) is 3.18. The van der Waals surface area contributed by atoms with Gasteiger partial charge in [0.2, 0.25) is 0 Å². The maximum Gasteiger partial charge on any atom is 0.0475 e. The zero-order chi connectivity index (χ0) is 13.0. The van der Waals surface area contributed by atoms with E-state index in [0.717, 1.165) is 12.5 Å². The highest BCUT2D eigenvalue weighted by molar-refractivity contribution is 5.20. The Morgan fingerprint density at radius 2 is 2.00 bits per heavy atom. The van der Waals surface area contributed by atoms with Gasteiger partial charge in [-0.15, -0.1) is 0 Å². The van der Waals surface area contributed by atoms with E-state index in [1.165, 1.54) is 24.9 Å². The minimum absolute atomic E-state index is 0.513. The number of nitrogens with zero attached hydrogens (tertiary/aromatic N) is 1. The zero-order valence-electron chi connectivity index (χ0n) is 11.9. The van der Waals surface area contributed by atoms with E-state index in [-0.39, 0.29) is 0 Å². The Morgan fingerprint density at radius 1 is 1.28 bits per heavy atom. The zero-order valence-corrected chi connectivity index (χ0v) is 11.9. The van der Waals surface area contributed by atoms with Gasteiger partial charge in [-0.3, -0.25) is 4.90 Å². The second-order valence-electron chi connectivity index (χ2n) is 5.70. The molecule has 1 saturated heterocycles. The quantitative estimate of drug-likeness (QED) is 0.878. The van der Waals surface area contributed by atoms with Gasteiger partial charge in [0.05, 0.1) is 0 Å². The molecule has 3 unspecified atom stereocenters. The van der Waals surface area contributed by atoms with Gasteiger partial charge in [-0.05, 0) is 44.8 Å². The average molecular weight is 246 g/mol. The summed E-state index contributed by atoms with van der Waals surface area (Å²) >= 11 is 0. The van der Waals surface area contributed by atoms with Crippen molar-refractivity contribution in [2.45, 2.75) is 38.8 Å². The SMILES string of the molecule is CNCC(c1ccccc1)N1CCC(C)CC1C. The van der Waals surface area contributed by atoms with Gasteiger partial charge in [0.25, 0.3) is 0 Å². The molecule has 0 radical (unpaired) electrons. The van der Waals surface area contributed by atoms with Crippen LogP contribution in [0.4, 0.5) is 0 Å². The van der Waals surface area contributed by atoms with Crippen molar-refractivity contribution in [2.75, 3.05) is 20.1 Å². The van der Waals surface area contributed by atoms with Crippen molar-refractivity contribution in [3.63, 3.8) is 0 Å². The summed E-state index contributed by atoms with van der Waals surface area (Å²) in [6.07, 6.45) is 2.66. The molecule has 1 fully saturated rings. The van der Waals surface area contributed by atoms with E-state index in [1.54, 1.807) is 0 Å². The summed E-state index contributed by atoms with van der Waals surface area (Å²) in [6.45, 7) is 7.01. The van der Waals surface area contributed by atoms with Gasteiger partial charge in [-0.25, -0.2) is 0 Å². The molecule has 0 spiro atoms. The monoisotopic (exact) mass is 246 g/mol. The highest BCUT2D eigenvalue weighted by Crippen LogP contribution is 2.30. The van der Waals surface area contributed by atoms with Crippen molar-refractivity contribution < 1.29 is 0 Å². The van der Waals surface area contributed by atoms with E-state index in [1.807, 2.05) is 7.05 Å². The standard InChI is InChI=1S/C16H26N2/c1-13-9-10-18(14(2)11-13)16(12-17-3)15-7-5-4-6-8-15/h4-8,13-14,16-17H,9-12H2,1-3H3. The van der Waals surface area contributed by atoms with Gasteiger partial charge in [0.1, 0.15) is 0 Å². The molecule has 1 aromatic carbocycles. The first kappa shape index (κ1) is 13.6. The molecule has 1 aromatic rings. The van der Waals surface area contributed by atoms with Crippen LogP contribution in [0.3, 0.4) is 0 Å². The molecule has 1 aliphatic heterocycles. The van der Waals surface area contributed by atoms with Crippen molar-refractivity contribution in [1.29, 1.82) is 0 Å². The topological polar surface area (TPSA) is 15.3 Å². The number of rotatable bonds is 4. The van der Waals surface area contributed by atoms with Crippen LogP contribution in [0.2, 0.25) is 0 Å². The second-order valence-corrected chi connectivity index (χ2v) is 5.70. The summed E-state index contributed by atoms with van der Waals surface area (Å²) in [6, 6.07) is 12.1. The van der Waals surface area contributed by atoms with Crippen molar-refractivity contribution in [3.05, 3.63) is 35.9 Å². The smallest absolute Gasteiger partial charge is 0.0475 e. The number of hydrogen-bond acceptors (Lipinski definition) is 2.